The highest BCUT2D eigenvalue weighted by Gasteiger charge is 2.08. The molecule has 0 aromatic heterocycles. The highest BCUT2D eigenvalue weighted by Crippen LogP contribution is 2.32. The maximum absolute atomic E-state index is 13.2. The molecule has 0 spiro atoms. The lowest BCUT2D eigenvalue weighted by molar-refractivity contribution is 0.472. The van der Waals surface area contributed by atoms with Gasteiger partial charge in [-0.25, -0.2) is 4.39 Å². The van der Waals surface area contributed by atoms with E-state index in [1.807, 2.05) is 32.0 Å². The lowest BCUT2D eigenvalue weighted by atomic mass is 10.1. The molecule has 0 N–H and O–H groups in total. The maximum Gasteiger partial charge on any atom is 0.133 e. The van der Waals surface area contributed by atoms with E-state index in [2.05, 4.69) is 31.9 Å². The fourth-order valence-electron chi connectivity index (χ4n) is 1.76. The Bertz CT molecular complexity index is 553. The van der Waals surface area contributed by atoms with E-state index in [0.717, 1.165) is 20.1 Å². The number of rotatable bonds is 2. The van der Waals surface area contributed by atoms with Crippen molar-refractivity contribution >= 4 is 31.9 Å². The summed E-state index contributed by atoms with van der Waals surface area (Å²) in [6.45, 7) is 3.66. The zero-order valence-corrected chi connectivity index (χ0v) is 13.1. The molecule has 1 nitrogen and oxygen atoms in total. The fourth-order valence-corrected chi connectivity index (χ4v) is 3.02. The van der Waals surface area contributed by atoms with Gasteiger partial charge in [0.1, 0.15) is 17.3 Å². The van der Waals surface area contributed by atoms with Gasteiger partial charge in [0.25, 0.3) is 0 Å². The molecule has 2 aromatic rings. The highest BCUT2D eigenvalue weighted by molar-refractivity contribution is 9.11. The van der Waals surface area contributed by atoms with Crippen molar-refractivity contribution < 1.29 is 9.13 Å². The molecule has 18 heavy (non-hydrogen) atoms. The largest absolute Gasteiger partial charge is 0.457 e. The van der Waals surface area contributed by atoms with E-state index in [1.165, 1.54) is 12.1 Å². The molecule has 0 aliphatic rings. The van der Waals surface area contributed by atoms with Gasteiger partial charge in [0.05, 0.1) is 0 Å². The molecule has 2 rings (SSSR count). The van der Waals surface area contributed by atoms with Crippen molar-refractivity contribution in [1.82, 2.24) is 0 Å². The van der Waals surface area contributed by atoms with Crippen LogP contribution in [0.3, 0.4) is 0 Å². The smallest absolute Gasteiger partial charge is 0.133 e. The first kappa shape index (κ1) is 13.6. The number of aryl methyl sites for hydroxylation is 2. The van der Waals surface area contributed by atoms with Gasteiger partial charge in [0, 0.05) is 8.95 Å². The second-order valence-electron chi connectivity index (χ2n) is 4.08. The van der Waals surface area contributed by atoms with Crippen molar-refractivity contribution in [3.05, 3.63) is 56.2 Å². The first-order valence-corrected chi connectivity index (χ1v) is 6.95. The molecule has 0 bridgehead atoms. The third kappa shape index (κ3) is 3.12. The minimum atomic E-state index is -0.243. The van der Waals surface area contributed by atoms with Crippen LogP contribution in [-0.2, 0) is 0 Å². The van der Waals surface area contributed by atoms with Gasteiger partial charge >= 0.3 is 0 Å². The molecule has 0 amide bonds. The standard InChI is InChI=1S/C14H11Br2FO/c1-8-3-12(17)4-9(2)14(8)18-13-6-10(15)5-11(16)7-13/h3-7H,1-2H3. The van der Waals surface area contributed by atoms with Crippen LogP contribution in [0.1, 0.15) is 11.1 Å². The molecule has 0 unspecified atom stereocenters. The molecule has 4 heteroatoms. The molecule has 0 atom stereocenters. The van der Waals surface area contributed by atoms with Crippen LogP contribution in [0.5, 0.6) is 11.5 Å². The predicted molar refractivity (Wildman–Crippen MR) is 77.8 cm³/mol. The van der Waals surface area contributed by atoms with Gasteiger partial charge in [0.15, 0.2) is 0 Å². The minimum Gasteiger partial charge on any atom is -0.457 e. The van der Waals surface area contributed by atoms with E-state index in [4.69, 9.17) is 4.74 Å². The van der Waals surface area contributed by atoms with Crippen molar-refractivity contribution in [3.63, 3.8) is 0 Å². The summed E-state index contributed by atoms with van der Waals surface area (Å²) in [4.78, 5) is 0. The Morgan fingerprint density at radius 1 is 0.889 bits per heavy atom. The quantitative estimate of drug-likeness (QED) is 0.650. The van der Waals surface area contributed by atoms with Crippen LogP contribution >= 0.6 is 31.9 Å². The minimum absolute atomic E-state index is 0.243. The first-order chi connectivity index (χ1) is 8.45. The summed E-state index contributed by atoms with van der Waals surface area (Å²) in [5.74, 6) is 1.16. The average molecular weight is 374 g/mol. The Balaban J connectivity index is 2.40. The number of benzene rings is 2. The summed E-state index contributed by atoms with van der Waals surface area (Å²) < 4.78 is 20.9. The van der Waals surface area contributed by atoms with E-state index in [9.17, 15) is 4.39 Å². The summed E-state index contributed by atoms with van der Waals surface area (Å²) in [5.41, 5.74) is 1.56. The van der Waals surface area contributed by atoms with E-state index in [1.54, 1.807) is 0 Å². The molecule has 0 radical (unpaired) electrons. The average Bonchev–Trinajstić information content (AvgIpc) is 2.22. The number of ether oxygens (including phenoxy) is 1. The van der Waals surface area contributed by atoms with Crippen LogP contribution < -0.4 is 4.74 Å². The van der Waals surface area contributed by atoms with Crippen LogP contribution in [0.15, 0.2) is 39.3 Å². The van der Waals surface area contributed by atoms with E-state index >= 15 is 0 Å². The van der Waals surface area contributed by atoms with E-state index < -0.39 is 0 Å². The van der Waals surface area contributed by atoms with Crippen molar-refractivity contribution in [1.29, 1.82) is 0 Å². The van der Waals surface area contributed by atoms with Gasteiger partial charge in [0.2, 0.25) is 0 Å². The molecule has 2 aromatic carbocycles. The molecule has 94 valence electrons. The van der Waals surface area contributed by atoms with E-state index in [-0.39, 0.29) is 5.82 Å². The summed E-state index contributed by atoms with van der Waals surface area (Å²) in [6, 6.07) is 8.60. The van der Waals surface area contributed by atoms with Crippen molar-refractivity contribution in [2.45, 2.75) is 13.8 Å². The van der Waals surface area contributed by atoms with Crippen LogP contribution in [0, 0.1) is 19.7 Å². The normalized spacial score (nSPS) is 10.5. The Kier molecular flexibility index (Phi) is 4.07. The molecule has 0 aliphatic heterocycles. The van der Waals surface area contributed by atoms with Crippen molar-refractivity contribution in [2.75, 3.05) is 0 Å². The molecule has 0 fully saturated rings. The second-order valence-corrected chi connectivity index (χ2v) is 5.91. The fraction of sp³-hybridized carbons (Fsp3) is 0.143. The summed E-state index contributed by atoms with van der Waals surface area (Å²) in [7, 11) is 0. The van der Waals surface area contributed by atoms with Crippen LogP contribution in [0.4, 0.5) is 4.39 Å². The van der Waals surface area contributed by atoms with Crippen LogP contribution in [0.25, 0.3) is 0 Å². The molecule has 0 heterocycles. The monoisotopic (exact) mass is 372 g/mol. The molecule has 0 saturated carbocycles. The van der Waals surface area contributed by atoms with Gasteiger partial charge in [-0.3, -0.25) is 0 Å². The van der Waals surface area contributed by atoms with Crippen LogP contribution in [-0.4, -0.2) is 0 Å². The van der Waals surface area contributed by atoms with Crippen molar-refractivity contribution in [3.8, 4) is 11.5 Å². The van der Waals surface area contributed by atoms with Gasteiger partial charge in [-0.05, 0) is 55.3 Å². The summed E-state index contributed by atoms with van der Waals surface area (Å²) in [5, 5.41) is 0. The Morgan fingerprint density at radius 3 is 1.89 bits per heavy atom. The molecular formula is C14H11Br2FO. The third-order valence-corrected chi connectivity index (χ3v) is 3.40. The van der Waals surface area contributed by atoms with Crippen LogP contribution in [0.2, 0.25) is 0 Å². The third-order valence-electron chi connectivity index (χ3n) is 2.48. The van der Waals surface area contributed by atoms with Gasteiger partial charge in [-0.1, -0.05) is 31.9 Å². The first-order valence-electron chi connectivity index (χ1n) is 5.36. The topological polar surface area (TPSA) is 9.23 Å². The Hall–Kier alpha value is -0.870. The van der Waals surface area contributed by atoms with Gasteiger partial charge < -0.3 is 4.74 Å². The second kappa shape index (κ2) is 5.41. The van der Waals surface area contributed by atoms with Gasteiger partial charge in [-0.15, -0.1) is 0 Å². The van der Waals surface area contributed by atoms with Crippen molar-refractivity contribution in [2.24, 2.45) is 0 Å². The number of hydrogen-bond acceptors (Lipinski definition) is 1. The maximum atomic E-state index is 13.2. The lowest BCUT2D eigenvalue weighted by Gasteiger charge is -2.12. The summed E-state index contributed by atoms with van der Waals surface area (Å²) in [6.07, 6.45) is 0. The molecule has 0 saturated heterocycles. The van der Waals surface area contributed by atoms with E-state index in [0.29, 0.717) is 11.5 Å². The molecule has 0 aliphatic carbocycles. The SMILES string of the molecule is Cc1cc(F)cc(C)c1Oc1cc(Br)cc(Br)c1. The predicted octanol–water partition coefficient (Wildman–Crippen LogP) is 5.76. The highest BCUT2D eigenvalue weighted by atomic mass is 79.9. The lowest BCUT2D eigenvalue weighted by Crippen LogP contribution is -1.93. The molecular weight excluding hydrogens is 363 g/mol. The zero-order valence-electron chi connectivity index (χ0n) is 9.93. The number of halogens is 3. The Morgan fingerprint density at radius 2 is 1.39 bits per heavy atom. The summed E-state index contributed by atoms with van der Waals surface area (Å²) >= 11 is 6.81. The zero-order chi connectivity index (χ0) is 13.3. The van der Waals surface area contributed by atoms with Gasteiger partial charge in [-0.2, -0.15) is 0 Å². The Labute approximate surface area is 122 Å². The number of hydrogen-bond donors (Lipinski definition) is 0.